The molecule has 0 aromatic heterocycles. The topological polar surface area (TPSA) is 59.0 Å². The van der Waals surface area contributed by atoms with E-state index in [2.05, 4.69) is 6.07 Å². The highest BCUT2D eigenvalue weighted by atomic mass is 19.1. The van der Waals surface area contributed by atoms with Gasteiger partial charge in [0.25, 0.3) is 0 Å². The number of nitrogens with two attached hydrogens (primary N) is 1. The lowest BCUT2D eigenvalue weighted by Gasteiger charge is -2.15. The standard InChI is InChI=1S/C15H21FN2O/c1-11(18)13-6-5-12(9-14(13)16)19-8-4-7-15(2,3)10-17/h5-6,9,11H,4,7-8,18H2,1-3H3. The minimum absolute atomic E-state index is 0.328. The molecule has 1 atom stereocenters. The van der Waals surface area contributed by atoms with Gasteiger partial charge in [0.05, 0.1) is 18.1 Å². The Morgan fingerprint density at radius 1 is 1.47 bits per heavy atom. The summed E-state index contributed by atoms with van der Waals surface area (Å²) in [7, 11) is 0. The lowest BCUT2D eigenvalue weighted by Crippen LogP contribution is -2.10. The van der Waals surface area contributed by atoms with Crippen molar-refractivity contribution in [1.82, 2.24) is 0 Å². The average molecular weight is 264 g/mol. The van der Waals surface area contributed by atoms with Crippen LogP contribution >= 0.6 is 0 Å². The van der Waals surface area contributed by atoms with E-state index in [1.54, 1.807) is 19.1 Å². The summed E-state index contributed by atoms with van der Waals surface area (Å²) in [5.74, 6) is 0.154. The van der Waals surface area contributed by atoms with E-state index >= 15 is 0 Å². The van der Waals surface area contributed by atoms with Crippen LogP contribution in [0.25, 0.3) is 0 Å². The van der Waals surface area contributed by atoms with Crippen LogP contribution in [-0.2, 0) is 0 Å². The Morgan fingerprint density at radius 2 is 2.16 bits per heavy atom. The van der Waals surface area contributed by atoms with Crippen LogP contribution in [0.15, 0.2) is 18.2 Å². The molecular formula is C15H21FN2O. The molecule has 0 amide bonds. The van der Waals surface area contributed by atoms with Crippen LogP contribution in [0.1, 0.15) is 45.2 Å². The highest BCUT2D eigenvalue weighted by Crippen LogP contribution is 2.23. The van der Waals surface area contributed by atoms with E-state index in [0.29, 0.717) is 17.9 Å². The van der Waals surface area contributed by atoms with Crippen molar-refractivity contribution in [3.05, 3.63) is 29.6 Å². The van der Waals surface area contributed by atoms with Crippen LogP contribution in [0.3, 0.4) is 0 Å². The van der Waals surface area contributed by atoms with Gasteiger partial charge in [0.1, 0.15) is 11.6 Å². The summed E-state index contributed by atoms with van der Waals surface area (Å²) in [5, 5.41) is 8.88. The van der Waals surface area contributed by atoms with Crippen molar-refractivity contribution in [3.63, 3.8) is 0 Å². The summed E-state index contributed by atoms with van der Waals surface area (Å²) in [6.45, 7) is 6.00. The van der Waals surface area contributed by atoms with Gasteiger partial charge in [0, 0.05) is 17.7 Å². The summed E-state index contributed by atoms with van der Waals surface area (Å²) >= 11 is 0. The second-order valence-electron chi connectivity index (χ2n) is 5.42. The fourth-order valence-corrected chi connectivity index (χ4v) is 1.73. The molecular weight excluding hydrogens is 243 g/mol. The van der Waals surface area contributed by atoms with Crippen molar-refractivity contribution in [2.24, 2.45) is 11.1 Å². The maximum Gasteiger partial charge on any atom is 0.131 e. The van der Waals surface area contributed by atoms with Crippen LogP contribution in [-0.4, -0.2) is 6.61 Å². The molecule has 1 unspecified atom stereocenters. The zero-order chi connectivity index (χ0) is 14.5. The smallest absolute Gasteiger partial charge is 0.131 e. The van der Waals surface area contributed by atoms with E-state index in [0.717, 1.165) is 12.8 Å². The predicted octanol–water partition coefficient (Wildman–Crippen LogP) is 3.55. The number of rotatable bonds is 6. The molecule has 1 aromatic rings. The first-order valence-electron chi connectivity index (χ1n) is 6.45. The highest BCUT2D eigenvalue weighted by Gasteiger charge is 2.15. The molecule has 0 saturated carbocycles. The number of nitriles is 1. The van der Waals surface area contributed by atoms with Crippen molar-refractivity contribution in [2.45, 2.75) is 39.7 Å². The van der Waals surface area contributed by atoms with E-state index in [-0.39, 0.29) is 17.3 Å². The van der Waals surface area contributed by atoms with Crippen LogP contribution in [0.2, 0.25) is 0 Å². The van der Waals surface area contributed by atoms with Crippen LogP contribution in [0.4, 0.5) is 4.39 Å². The molecule has 4 heteroatoms. The molecule has 1 aromatic carbocycles. The molecule has 0 aliphatic heterocycles. The third-order valence-corrected chi connectivity index (χ3v) is 2.98. The normalized spacial score (nSPS) is 12.8. The van der Waals surface area contributed by atoms with Crippen LogP contribution in [0.5, 0.6) is 5.75 Å². The lowest BCUT2D eigenvalue weighted by atomic mass is 9.90. The lowest BCUT2D eigenvalue weighted by molar-refractivity contribution is 0.283. The van der Waals surface area contributed by atoms with Crippen LogP contribution < -0.4 is 10.5 Å². The van der Waals surface area contributed by atoms with Crippen molar-refractivity contribution >= 4 is 0 Å². The summed E-state index contributed by atoms with van der Waals surface area (Å²) in [6, 6.07) is 6.63. The van der Waals surface area contributed by atoms with Gasteiger partial charge in [-0.15, -0.1) is 0 Å². The Labute approximate surface area is 114 Å². The molecule has 0 fully saturated rings. The minimum atomic E-state index is -0.343. The first-order chi connectivity index (χ1) is 8.85. The monoisotopic (exact) mass is 264 g/mol. The number of benzene rings is 1. The second-order valence-corrected chi connectivity index (χ2v) is 5.42. The summed E-state index contributed by atoms with van der Waals surface area (Å²) in [6.07, 6.45) is 1.52. The number of halogens is 1. The van der Waals surface area contributed by atoms with Gasteiger partial charge in [0.2, 0.25) is 0 Å². The quantitative estimate of drug-likeness (QED) is 0.799. The molecule has 19 heavy (non-hydrogen) atoms. The Morgan fingerprint density at radius 3 is 2.68 bits per heavy atom. The molecule has 2 N–H and O–H groups in total. The van der Waals surface area contributed by atoms with Crippen molar-refractivity contribution in [1.29, 1.82) is 5.26 Å². The zero-order valence-corrected chi connectivity index (χ0v) is 11.7. The van der Waals surface area contributed by atoms with E-state index in [9.17, 15) is 4.39 Å². The van der Waals surface area contributed by atoms with Gasteiger partial charge in [-0.25, -0.2) is 4.39 Å². The van der Waals surface area contributed by atoms with E-state index in [1.807, 2.05) is 13.8 Å². The van der Waals surface area contributed by atoms with Gasteiger partial charge in [-0.05, 0) is 39.7 Å². The van der Waals surface area contributed by atoms with Gasteiger partial charge >= 0.3 is 0 Å². The Hall–Kier alpha value is -1.60. The Kier molecular flexibility index (Phi) is 5.31. The Bertz CT molecular complexity index is 464. The molecule has 104 valence electrons. The molecule has 0 heterocycles. The molecule has 0 bridgehead atoms. The molecule has 1 rings (SSSR count). The average Bonchev–Trinajstić information content (AvgIpc) is 2.34. The van der Waals surface area contributed by atoms with Crippen LogP contribution in [0, 0.1) is 22.6 Å². The predicted molar refractivity (Wildman–Crippen MR) is 73.1 cm³/mol. The summed E-state index contributed by atoms with van der Waals surface area (Å²) in [5.41, 5.74) is 5.78. The maximum atomic E-state index is 13.7. The SMILES string of the molecule is CC(N)c1ccc(OCCCC(C)(C)C#N)cc1F. The van der Waals surface area contributed by atoms with Gasteiger partial charge in [0.15, 0.2) is 0 Å². The summed E-state index contributed by atoms with van der Waals surface area (Å²) < 4.78 is 19.1. The third-order valence-electron chi connectivity index (χ3n) is 2.98. The third kappa shape index (κ3) is 4.88. The highest BCUT2D eigenvalue weighted by molar-refractivity contribution is 5.30. The van der Waals surface area contributed by atoms with Gasteiger partial charge in [-0.1, -0.05) is 6.07 Å². The number of hydrogen-bond acceptors (Lipinski definition) is 3. The molecule has 0 spiro atoms. The summed E-state index contributed by atoms with van der Waals surface area (Å²) in [4.78, 5) is 0. The van der Waals surface area contributed by atoms with Crippen molar-refractivity contribution < 1.29 is 9.13 Å². The first-order valence-corrected chi connectivity index (χ1v) is 6.45. The van der Waals surface area contributed by atoms with E-state index in [4.69, 9.17) is 15.7 Å². The van der Waals surface area contributed by atoms with E-state index < -0.39 is 0 Å². The molecule has 0 aliphatic carbocycles. The number of hydrogen-bond donors (Lipinski definition) is 1. The molecule has 0 saturated heterocycles. The van der Waals surface area contributed by atoms with Crippen molar-refractivity contribution in [3.8, 4) is 11.8 Å². The Balaban J connectivity index is 2.47. The first kappa shape index (κ1) is 15.5. The number of ether oxygens (including phenoxy) is 1. The maximum absolute atomic E-state index is 13.7. The van der Waals surface area contributed by atoms with Gasteiger partial charge < -0.3 is 10.5 Å². The van der Waals surface area contributed by atoms with Crippen molar-refractivity contribution in [2.75, 3.05) is 6.61 Å². The molecule has 0 aliphatic rings. The fraction of sp³-hybridized carbons (Fsp3) is 0.533. The second kappa shape index (κ2) is 6.53. The largest absolute Gasteiger partial charge is 0.493 e. The molecule has 0 radical (unpaired) electrons. The van der Waals surface area contributed by atoms with E-state index in [1.165, 1.54) is 6.07 Å². The molecule has 3 nitrogen and oxygen atoms in total. The van der Waals surface area contributed by atoms with Gasteiger partial charge in [-0.3, -0.25) is 0 Å². The van der Waals surface area contributed by atoms with Gasteiger partial charge in [-0.2, -0.15) is 5.26 Å². The number of nitrogens with zero attached hydrogens (tertiary/aromatic N) is 1. The minimum Gasteiger partial charge on any atom is -0.493 e. The fourth-order valence-electron chi connectivity index (χ4n) is 1.73. The zero-order valence-electron chi connectivity index (χ0n) is 11.7.